The van der Waals surface area contributed by atoms with Crippen molar-refractivity contribution in [3.63, 3.8) is 0 Å². The summed E-state index contributed by atoms with van der Waals surface area (Å²) in [6.45, 7) is 4.23. The van der Waals surface area contributed by atoms with Crippen molar-refractivity contribution in [2.24, 2.45) is 0 Å². The number of anilines is 1. The van der Waals surface area contributed by atoms with E-state index < -0.39 is 0 Å². The first kappa shape index (κ1) is 12.3. The molecule has 0 amide bonds. The largest absolute Gasteiger partial charge is 0.396 e. The van der Waals surface area contributed by atoms with Crippen molar-refractivity contribution in [2.45, 2.75) is 30.8 Å². The molecule has 1 aromatic heterocycles. The topological polar surface area (TPSA) is 58.0 Å². The van der Waals surface area contributed by atoms with E-state index in [0.29, 0.717) is 6.42 Å². The predicted molar refractivity (Wildman–Crippen MR) is 63.2 cm³/mol. The Morgan fingerprint density at radius 2 is 2.20 bits per heavy atom. The molecule has 0 spiro atoms. The normalized spacial score (nSPS) is 11.5. The molecule has 0 radical (unpaired) electrons. The van der Waals surface area contributed by atoms with Crippen molar-refractivity contribution < 1.29 is 5.11 Å². The summed E-state index contributed by atoms with van der Waals surface area (Å²) in [5.74, 6) is 0.799. The number of hydrogen-bond acceptors (Lipinski definition) is 5. The lowest BCUT2D eigenvalue weighted by Gasteiger charge is -2.25. The molecule has 0 bridgehead atoms. The van der Waals surface area contributed by atoms with E-state index >= 15 is 0 Å². The van der Waals surface area contributed by atoms with Crippen LogP contribution in [0.1, 0.15) is 20.3 Å². The summed E-state index contributed by atoms with van der Waals surface area (Å²) in [6, 6.07) is 1.91. The van der Waals surface area contributed by atoms with Gasteiger partial charge in [-0.25, -0.2) is 9.97 Å². The third-order valence-corrected chi connectivity index (χ3v) is 2.70. The van der Waals surface area contributed by atoms with E-state index in [1.807, 2.05) is 26.2 Å². The van der Waals surface area contributed by atoms with Crippen LogP contribution in [0.4, 0.5) is 5.82 Å². The van der Waals surface area contributed by atoms with Crippen LogP contribution in [0, 0.1) is 0 Å². The first-order valence-corrected chi connectivity index (χ1v) is 6.05. The number of thioether (sulfide) groups is 1. The van der Waals surface area contributed by atoms with Gasteiger partial charge in [-0.15, -0.1) is 11.8 Å². The molecule has 0 aliphatic carbocycles. The van der Waals surface area contributed by atoms with Crippen molar-refractivity contribution in [1.82, 2.24) is 9.97 Å². The maximum atomic E-state index is 8.90. The van der Waals surface area contributed by atoms with E-state index in [1.54, 1.807) is 18.1 Å². The Hall–Kier alpha value is -0.810. The summed E-state index contributed by atoms with van der Waals surface area (Å²) in [4.78, 5) is 8.23. The summed E-state index contributed by atoms with van der Waals surface area (Å²) < 4.78 is 0. The van der Waals surface area contributed by atoms with Crippen LogP contribution in [0.5, 0.6) is 0 Å². The van der Waals surface area contributed by atoms with Crippen LogP contribution in [0.25, 0.3) is 0 Å². The Morgan fingerprint density at radius 1 is 1.47 bits per heavy atom. The second-order valence-corrected chi connectivity index (χ2v) is 4.75. The molecule has 1 aromatic rings. The fraction of sp³-hybridized carbons (Fsp3) is 0.600. The molecule has 0 unspecified atom stereocenters. The van der Waals surface area contributed by atoms with Crippen molar-refractivity contribution >= 4 is 17.6 Å². The molecule has 84 valence electrons. The summed E-state index contributed by atoms with van der Waals surface area (Å²) in [7, 11) is 0. The maximum Gasteiger partial charge on any atom is 0.130 e. The van der Waals surface area contributed by atoms with Crippen LogP contribution < -0.4 is 5.32 Å². The van der Waals surface area contributed by atoms with Gasteiger partial charge in [0.25, 0.3) is 0 Å². The van der Waals surface area contributed by atoms with Crippen molar-refractivity contribution in [1.29, 1.82) is 0 Å². The maximum absolute atomic E-state index is 8.90. The van der Waals surface area contributed by atoms with Gasteiger partial charge in [-0.3, -0.25) is 0 Å². The Bertz CT molecular complexity index is 317. The smallest absolute Gasteiger partial charge is 0.130 e. The van der Waals surface area contributed by atoms with Crippen LogP contribution in [0.3, 0.4) is 0 Å². The Morgan fingerprint density at radius 3 is 2.80 bits per heavy atom. The van der Waals surface area contributed by atoms with Gasteiger partial charge >= 0.3 is 0 Å². The second-order valence-electron chi connectivity index (χ2n) is 3.93. The molecule has 0 atom stereocenters. The first-order valence-electron chi connectivity index (χ1n) is 4.82. The van der Waals surface area contributed by atoms with Crippen molar-refractivity contribution in [3.8, 4) is 0 Å². The highest BCUT2D eigenvalue weighted by Crippen LogP contribution is 2.19. The number of nitrogens with one attached hydrogen (secondary N) is 1. The average Bonchev–Trinajstić information content (AvgIpc) is 2.17. The lowest BCUT2D eigenvalue weighted by Crippen LogP contribution is -2.32. The van der Waals surface area contributed by atoms with E-state index in [9.17, 15) is 0 Å². The van der Waals surface area contributed by atoms with E-state index in [1.165, 1.54) is 0 Å². The molecule has 0 fully saturated rings. The number of rotatable bonds is 5. The molecule has 4 nitrogen and oxygen atoms in total. The van der Waals surface area contributed by atoms with E-state index in [2.05, 4.69) is 15.3 Å². The van der Waals surface area contributed by atoms with Gasteiger partial charge in [-0.2, -0.15) is 0 Å². The minimum Gasteiger partial charge on any atom is -0.396 e. The summed E-state index contributed by atoms with van der Waals surface area (Å²) in [6.07, 6.45) is 4.21. The number of aromatic nitrogens is 2. The zero-order valence-corrected chi connectivity index (χ0v) is 10.1. The fourth-order valence-electron chi connectivity index (χ4n) is 1.21. The standard InChI is InChI=1S/C10H17N3OS/c1-10(2,4-5-14)13-8-6-9(15-3)12-7-11-8/h6-7,14H,4-5H2,1-3H3,(H,11,12,13). The van der Waals surface area contributed by atoms with E-state index in [-0.39, 0.29) is 12.1 Å². The van der Waals surface area contributed by atoms with Crippen molar-refractivity contribution in [3.05, 3.63) is 12.4 Å². The molecule has 0 saturated heterocycles. The third kappa shape index (κ3) is 4.05. The lowest BCUT2D eigenvalue weighted by atomic mass is 10.0. The van der Waals surface area contributed by atoms with E-state index in [0.717, 1.165) is 10.8 Å². The van der Waals surface area contributed by atoms with Crippen LogP contribution in [-0.2, 0) is 0 Å². The van der Waals surface area contributed by atoms with Crippen LogP contribution in [0.15, 0.2) is 17.4 Å². The Kier molecular flexibility index (Phi) is 4.35. The second kappa shape index (κ2) is 5.32. The van der Waals surface area contributed by atoms with Gasteiger partial charge in [0.15, 0.2) is 0 Å². The van der Waals surface area contributed by atoms with Gasteiger partial charge in [-0.05, 0) is 26.5 Å². The molecule has 2 N–H and O–H groups in total. The highest BCUT2D eigenvalue weighted by atomic mass is 32.2. The van der Waals surface area contributed by atoms with E-state index in [4.69, 9.17) is 5.11 Å². The number of aliphatic hydroxyl groups excluding tert-OH is 1. The average molecular weight is 227 g/mol. The zero-order valence-electron chi connectivity index (χ0n) is 9.32. The molecule has 15 heavy (non-hydrogen) atoms. The monoisotopic (exact) mass is 227 g/mol. The minimum atomic E-state index is -0.154. The van der Waals surface area contributed by atoms with Gasteiger partial charge in [0.1, 0.15) is 17.2 Å². The van der Waals surface area contributed by atoms with Gasteiger partial charge in [0.2, 0.25) is 0 Å². The summed E-state index contributed by atoms with van der Waals surface area (Å²) in [5, 5.41) is 13.1. The third-order valence-electron chi connectivity index (χ3n) is 2.05. The highest BCUT2D eigenvalue weighted by molar-refractivity contribution is 7.98. The van der Waals surface area contributed by atoms with Gasteiger partial charge in [0.05, 0.1) is 0 Å². The predicted octanol–water partition coefficient (Wildman–Crippen LogP) is 1.77. The highest BCUT2D eigenvalue weighted by Gasteiger charge is 2.17. The van der Waals surface area contributed by atoms with Crippen LogP contribution >= 0.6 is 11.8 Å². The fourth-order valence-corrected chi connectivity index (χ4v) is 1.59. The van der Waals surface area contributed by atoms with Gasteiger partial charge < -0.3 is 10.4 Å². The number of aliphatic hydroxyl groups is 1. The molecule has 1 rings (SSSR count). The first-order chi connectivity index (χ1) is 7.07. The van der Waals surface area contributed by atoms with Gasteiger partial charge in [-0.1, -0.05) is 0 Å². The quantitative estimate of drug-likeness (QED) is 0.593. The van der Waals surface area contributed by atoms with Crippen LogP contribution in [-0.4, -0.2) is 33.5 Å². The Balaban J connectivity index is 2.71. The SMILES string of the molecule is CSc1cc(NC(C)(C)CCO)ncn1. The molecule has 0 aliphatic rings. The Labute approximate surface area is 94.5 Å². The summed E-state index contributed by atoms with van der Waals surface area (Å²) in [5.41, 5.74) is -0.154. The minimum absolute atomic E-state index is 0.154. The number of hydrogen-bond donors (Lipinski definition) is 2. The lowest BCUT2D eigenvalue weighted by molar-refractivity contribution is 0.260. The van der Waals surface area contributed by atoms with Gasteiger partial charge in [0, 0.05) is 18.2 Å². The molecule has 5 heteroatoms. The van der Waals surface area contributed by atoms with Crippen molar-refractivity contribution in [2.75, 3.05) is 18.2 Å². The molecule has 0 aromatic carbocycles. The van der Waals surface area contributed by atoms with Crippen LogP contribution in [0.2, 0.25) is 0 Å². The zero-order chi connectivity index (χ0) is 11.3. The molecule has 0 saturated carbocycles. The summed E-state index contributed by atoms with van der Waals surface area (Å²) >= 11 is 1.58. The molecule has 0 aliphatic heterocycles. The molecule has 1 heterocycles. The molecular formula is C10H17N3OS. The number of nitrogens with zero attached hydrogens (tertiary/aromatic N) is 2. The molecular weight excluding hydrogens is 210 g/mol.